The molecule has 178 valence electrons. The maximum atomic E-state index is 14.8. The number of ether oxygens (including phenoxy) is 1. The highest BCUT2D eigenvalue weighted by atomic mass is 19.4. The van der Waals surface area contributed by atoms with Crippen LogP contribution in [0, 0.1) is 17.7 Å². The van der Waals surface area contributed by atoms with Crippen LogP contribution in [0.25, 0.3) is 0 Å². The molecule has 3 N–H and O–H groups in total. The molecule has 1 atom stereocenters. The predicted molar refractivity (Wildman–Crippen MR) is 111 cm³/mol. The number of carbonyl (C=O) groups excluding carboxylic acids is 2. The summed E-state index contributed by atoms with van der Waals surface area (Å²) in [7, 11) is 0. The highest BCUT2D eigenvalue weighted by Crippen LogP contribution is 2.55. The Labute approximate surface area is 191 Å². The first-order valence-electron chi connectivity index (χ1n) is 10.3. The summed E-state index contributed by atoms with van der Waals surface area (Å²) in [5.74, 6) is 1.53. The molecule has 2 aromatic carbocycles. The van der Waals surface area contributed by atoms with Gasteiger partial charge in [0.15, 0.2) is 0 Å². The smallest absolute Gasteiger partial charge is 0.419 e. The van der Waals surface area contributed by atoms with Gasteiger partial charge in [0, 0.05) is 23.1 Å². The number of halogens is 4. The van der Waals surface area contributed by atoms with Crippen molar-refractivity contribution in [2.45, 2.75) is 43.1 Å². The molecule has 0 saturated heterocycles. The van der Waals surface area contributed by atoms with Crippen LogP contribution in [0.4, 0.5) is 23.2 Å². The molecule has 1 heterocycles. The van der Waals surface area contributed by atoms with Crippen molar-refractivity contribution in [2.24, 2.45) is 0 Å². The van der Waals surface area contributed by atoms with Crippen molar-refractivity contribution in [1.82, 2.24) is 0 Å². The summed E-state index contributed by atoms with van der Waals surface area (Å²) < 4.78 is 59.3. The molecule has 0 bridgehead atoms. The van der Waals surface area contributed by atoms with Crippen molar-refractivity contribution in [3.63, 3.8) is 0 Å². The van der Waals surface area contributed by atoms with Gasteiger partial charge in [-0.05, 0) is 42.7 Å². The molecule has 2 aromatic rings. The molecule has 4 rings (SSSR count). The van der Waals surface area contributed by atoms with Gasteiger partial charge in [0.25, 0.3) is 5.91 Å². The van der Waals surface area contributed by atoms with E-state index in [9.17, 15) is 32.3 Å². The Morgan fingerprint density at radius 2 is 1.94 bits per heavy atom. The van der Waals surface area contributed by atoms with Crippen LogP contribution in [0.5, 0.6) is 0 Å². The molecule has 10 heteroatoms. The van der Waals surface area contributed by atoms with E-state index in [0.29, 0.717) is 17.2 Å². The quantitative estimate of drug-likeness (QED) is 0.349. The van der Waals surface area contributed by atoms with Crippen molar-refractivity contribution in [3.05, 3.63) is 64.5 Å². The summed E-state index contributed by atoms with van der Waals surface area (Å²) in [4.78, 5) is 24.6. The van der Waals surface area contributed by atoms with Crippen LogP contribution < -0.4 is 5.32 Å². The average Bonchev–Trinajstić information content (AvgIpc) is 3.45. The molecule has 0 radical (unpaired) electrons. The zero-order valence-electron chi connectivity index (χ0n) is 17.6. The highest BCUT2D eigenvalue weighted by molar-refractivity contribution is 6.01. The van der Waals surface area contributed by atoms with E-state index in [2.05, 4.69) is 17.2 Å². The minimum Gasteiger partial charge on any atom is -0.457 e. The van der Waals surface area contributed by atoms with Crippen LogP contribution in [0.3, 0.4) is 0 Å². The minimum absolute atomic E-state index is 0.0183. The van der Waals surface area contributed by atoms with E-state index in [0.717, 1.165) is 6.07 Å². The second-order valence-electron chi connectivity index (χ2n) is 8.34. The number of cyclic esters (lactones) is 1. The number of fused-ring (bicyclic) bond motifs is 1. The van der Waals surface area contributed by atoms with Crippen molar-refractivity contribution in [2.75, 3.05) is 11.9 Å². The molecule has 34 heavy (non-hydrogen) atoms. The fraction of sp³-hybridized carbons (Fsp3) is 0.333. The molecule has 1 fully saturated rings. The molecule has 1 saturated carbocycles. The lowest BCUT2D eigenvalue weighted by atomic mass is 9.82. The molecule has 6 nitrogen and oxygen atoms in total. The van der Waals surface area contributed by atoms with Gasteiger partial charge in [-0.25, -0.2) is 9.18 Å². The largest absolute Gasteiger partial charge is 0.457 e. The number of benzene rings is 2. The van der Waals surface area contributed by atoms with Gasteiger partial charge in [0.2, 0.25) is 5.60 Å². The predicted octanol–water partition coefficient (Wildman–Crippen LogP) is 3.30. The van der Waals surface area contributed by atoms with Gasteiger partial charge in [-0.2, -0.15) is 13.2 Å². The number of aliphatic hydroxyl groups excluding tert-OH is 1. The summed E-state index contributed by atoms with van der Waals surface area (Å²) in [6, 6.07) is 7.25. The van der Waals surface area contributed by atoms with Crippen LogP contribution in [0.15, 0.2) is 36.4 Å². The maximum Gasteiger partial charge on any atom is 0.419 e. The number of aliphatic hydroxyl groups is 2. The lowest BCUT2D eigenvalue weighted by molar-refractivity contribution is -0.140. The number of carbonyl (C=O) groups is 2. The third-order valence-corrected chi connectivity index (χ3v) is 6.01. The van der Waals surface area contributed by atoms with Crippen molar-refractivity contribution in [1.29, 1.82) is 0 Å². The third-order valence-electron chi connectivity index (χ3n) is 6.01. The number of esters is 1. The van der Waals surface area contributed by atoms with Crippen LogP contribution in [0.2, 0.25) is 0 Å². The summed E-state index contributed by atoms with van der Waals surface area (Å²) in [5.41, 5.74) is -4.28. The van der Waals surface area contributed by atoms with E-state index in [1.165, 1.54) is 24.3 Å². The average molecular weight is 477 g/mol. The van der Waals surface area contributed by atoms with E-state index >= 15 is 0 Å². The molecular formula is C24H19F4NO5. The summed E-state index contributed by atoms with van der Waals surface area (Å²) in [5, 5.41) is 22.7. The van der Waals surface area contributed by atoms with Gasteiger partial charge in [0.05, 0.1) is 11.1 Å². The zero-order chi connectivity index (χ0) is 24.7. The summed E-state index contributed by atoms with van der Waals surface area (Å²) >= 11 is 0. The number of hydrogen-bond donors (Lipinski definition) is 3. The van der Waals surface area contributed by atoms with Gasteiger partial charge in [-0.1, -0.05) is 24.0 Å². The van der Waals surface area contributed by atoms with Crippen LogP contribution in [0.1, 0.15) is 46.3 Å². The van der Waals surface area contributed by atoms with E-state index in [-0.39, 0.29) is 30.7 Å². The molecule has 1 aliphatic heterocycles. The first kappa shape index (κ1) is 23.7. The number of alkyl halides is 3. The Hall–Kier alpha value is -3.42. The molecule has 1 aliphatic carbocycles. The van der Waals surface area contributed by atoms with Crippen molar-refractivity contribution < 1.29 is 42.1 Å². The highest BCUT2D eigenvalue weighted by Gasteiger charge is 2.54. The Kier molecular flexibility index (Phi) is 5.87. The number of amides is 1. The van der Waals surface area contributed by atoms with E-state index < -0.39 is 53.5 Å². The molecule has 0 spiro atoms. The van der Waals surface area contributed by atoms with E-state index in [1.807, 2.05) is 0 Å². The minimum atomic E-state index is -4.90. The number of nitrogens with one attached hydrogen (secondary N) is 1. The maximum absolute atomic E-state index is 14.8. The van der Waals surface area contributed by atoms with Crippen molar-refractivity contribution in [3.8, 4) is 11.8 Å². The van der Waals surface area contributed by atoms with E-state index in [1.54, 1.807) is 0 Å². The van der Waals surface area contributed by atoms with Gasteiger partial charge < -0.3 is 20.3 Å². The summed E-state index contributed by atoms with van der Waals surface area (Å²) in [6.45, 7) is -0.663. The van der Waals surface area contributed by atoms with E-state index in [4.69, 9.17) is 9.84 Å². The van der Waals surface area contributed by atoms with Gasteiger partial charge in [-0.3, -0.25) is 4.79 Å². The third kappa shape index (κ3) is 4.36. The Balaban J connectivity index is 1.63. The lowest BCUT2D eigenvalue weighted by Crippen LogP contribution is -2.44. The first-order valence-corrected chi connectivity index (χ1v) is 10.3. The Morgan fingerprint density at radius 3 is 2.59 bits per heavy atom. The first-order chi connectivity index (χ1) is 16.0. The van der Waals surface area contributed by atoms with Gasteiger partial charge >= 0.3 is 12.1 Å². The molecule has 0 aromatic heterocycles. The second kappa shape index (κ2) is 8.42. The fourth-order valence-corrected chi connectivity index (χ4v) is 4.15. The normalized spacial score (nSPS) is 17.6. The van der Waals surface area contributed by atoms with Crippen LogP contribution in [-0.2, 0) is 27.7 Å². The molecule has 1 amide bonds. The zero-order valence-corrected chi connectivity index (χ0v) is 17.6. The Morgan fingerprint density at radius 1 is 1.21 bits per heavy atom. The SMILES string of the molecule is O=C1OCc2cc(NC(=O)C(O)(C#CCO)CC3(c4cccc(C(F)(F)F)c4F)CC3)ccc21. The number of rotatable bonds is 5. The second-order valence-corrected chi connectivity index (χ2v) is 8.34. The molecular weight excluding hydrogens is 458 g/mol. The summed E-state index contributed by atoms with van der Waals surface area (Å²) in [6.07, 6.45) is -4.91. The van der Waals surface area contributed by atoms with Crippen LogP contribution in [-0.4, -0.2) is 34.3 Å². The van der Waals surface area contributed by atoms with Crippen molar-refractivity contribution >= 4 is 17.6 Å². The number of hydrogen-bond acceptors (Lipinski definition) is 5. The molecule has 1 unspecified atom stereocenters. The standard InChI is InChI=1S/C24H19F4NO5/c25-19-17(3-1-4-18(19)24(26,27)28)22(8-9-22)13-23(33,7-2-10-30)21(32)29-15-5-6-16-14(11-15)12-34-20(16)31/h1,3-6,11,30,33H,8-10,12-13H2,(H,29,32). The van der Waals surface area contributed by atoms with Gasteiger partial charge in [0.1, 0.15) is 19.0 Å². The Bertz CT molecular complexity index is 1230. The molecule has 2 aliphatic rings. The monoisotopic (exact) mass is 477 g/mol. The lowest BCUT2D eigenvalue weighted by Gasteiger charge is -2.28. The topological polar surface area (TPSA) is 95.9 Å². The van der Waals surface area contributed by atoms with Gasteiger partial charge in [-0.15, -0.1) is 0 Å². The number of anilines is 1. The fourth-order valence-electron chi connectivity index (χ4n) is 4.15. The van der Waals surface area contributed by atoms with Crippen LogP contribution >= 0.6 is 0 Å².